The molecule has 4 aliphatic carbocycles. The maximum absolute atomic E-state index is 10.3. The van der Waals surface area contributed by atoms with Gasteiger partial charge in [0.05, 0.1) is 11.6 Å². The fourth-order valence-corrected chi connectivity index (χ4v) is 8.46. The van der Waals surface area contributed by atoms with Gasteiger partial charge in [0.2, 0.25) is 0 Å². The van der Waals surface area contributed by atoms with Gasteiger partial charge in [-0.05, 0) is 109 Å². The van der Waals surface area contributed by atoms with Gasteiger partial charge in [0.1, 0.15) is 0 Å². The quantitative estimate of drug-likeness (QED) is 0.583. The van der Waals surface area contributed by atoms with Crippen molar-refractivity contribution in [2.75, 3.05) is 5.73 Å². The molecule has 1 aromatic heterocycles. The highest BCUT2D eigenvalue weighted by Gasteiger charge is 2.58. The molecule has 30 heavy (non-hydrogen) atoms. The van der Waals surface area contributed by atoms with Crippen LogP contribution in [-0.4, -0.2) is 21.4 Å². The van der Waals surface area contributed by atoms with Crippen molar-refractivity contribution in [3.63, 3.8) is 0 Å². The molecule has 4 heteroatoms. The van der Waals surface area contributed by atoms with E-state index in [2.05, 4.69) is 48.3 Å². The summed E-state index contributed by atoms with van der Waals surface area (Å²) < 4.78 is 0. The molecule has 4 aliphatic rings. The monoisotopic (exact) mass is 405 g/mol. The van der Waals surface area contributed by atoms with E-state index < -0.39 is 0 Å². The molecule has 0 radical (unpaired) electrons. The zero-order chi connectivity index (χ0) is 20.7. The number of benzene rings is 1. The van der Waals surface area contributed by atoms with Crippen molar-refractivity contribution in [2.45, 2.75) is 71.3 Å². The fraction of sp³-hybridized carbons (Fsp3) is 0.654. The van der Waals surface area contributed by atoms with E-state index in [0.717, 1.165) is 47.4 Å². The smallest absolute Gasteiger partial charge is 0.153 e. The Kier molecular flexibility index (Phi) is 4.01. The highest BCUT2D eigenvalue weighted by molar-refractivity contribution is 5.91. The maximum atomic E-state index is 10.3. The van der Waals surface area contributed by atoms with Crippen LogP contribution in [0.15, 0.2) is 24.3 Å². The first-order valence-electron chi connectivity index (χ1n) is 12.0. The lowest BCUT2D eigenvalue weighted by Crippen LogP contribution is -2.53. The Labute approximate surface area is 179 Å². The van der Waals surface area contributed by atoms with Crippen molar-refractivity contribution in [3.8, 4) is 0 Å². The highest BCUT2D eigenvalue weighted by atomic mass is 16.3. The summed E-state index contributed by atoms with van der Waals surface area (Å²) in [6, 6.07) is 6.64. The summed E-state index contributed by atoms with van der Waals surface area (Å²) in [6.45, 7) is 5.11. The number of aliphatic hydroxyl groups excluding tert-OH is 1. The number of nitrogens with two attached hydrogens (primary N) is 1. The van der Waals surface area contributed by atoms with E-state index >= 15 is 0 Å². The molecule has 1 heterocycles. The van der Waals surface area contributed by atoms with Crippen LogP contribution in [-0.2, 0) is 0 Å². The van der Waals surface area contributed by atoms with Crippen LogP contribution in [0.2, 0.25) is 0 Å². The van der Waals surface area contributed by atoms with Gasteiger partial charge in [-0.15, -0.1) is 0 Å². The first-order chi connectivity index (χ1) is 14.4. The van der Waals surface area contributed by atoms with Crippen LogP contribution < -0.4 is 5.73 Å². The lowest BCUT2D eigenvalue weighted by molar-refractivity contribution is -0.115. The van der Waals surface area contributed by atoms with E-state index in [1.165, 1.54) is 44.1 Å². The van der Waals surface area contributed by atoms with Gasteiger partial charge in [-0.25, -0.2) is 0 Å². The second-order valence-corrected chi connectivity index (χ2v) is 11.3. The van der Waals surface area contributed by atoms with E-state index in [0.29, 0.717) is 11.2 Å². The Bertz CT molecular complexity index is 1020. The summed E-state index contributed by atoms with van der Waals surface area (Å²) in [5.41, 5.74) is 10.6. The Balaban J connectivity index is 1.31. The predicted molar refractivity (Wildman–Crippen MR) is 122 cm³/mol. The fourth-order valence-electron chi connectivity index (χ4n) is 8.46. The minimum atomic E-state index is -0.0559. The van der Waals surface area contributed by atoms with Crippen molar-refractivity contribution < 1.29 is 5.11 Å². The number of aromatic amines is 1. The minimum absolute atomic E-state index is 0.0559. The third kappa shape index (κ3) is 2.46. The van der Waals surface area contributed by atoms with Crippen LogP contribution >= 0.6 is 0 Å². The van der Waals surface area contributed by atoms with Crippen molar-refractivity contribution in [3.05, 3.63) is 29.8 Å². The topological polar surface area (TPSA) is 74.9 Å². The Morgan fingerprint density at radius 3 is 2.83 bits per heavy atom. The number of nitrogen functional groups attached to an aromatic ring is 1. The molecule has 0 amide bonds. The number of fused-ring (bicyclic) bond motifs is 6. The molecule has 4 nitrogen and oxygen atoms in total. The van der Waals surface area contributed by atoms with Gasteiger partial charge in [0.25, 0.3) is 0 Å². The minimum Gasteiger partial charge on any atom is -0.393 e. The van der Waals surface area contributed by atoms with Crippen molar-refractivity contribution in [2.24, 2.45) is 34.5 Å². The standard InChI is InChI=1S/C26H35N3O/c1-25-11-9-17(30)14-16(25)4-6-18-21-8-7-20(26(21,2)12-10-22(18)25)15-3-5-19-23(13-15)28-29-24(19)27/h3,5,7,13,16-18,21-22,30H,4,6,8-12,14H2,1-2H3,(H3,27,28,29)/t16-,17+,18-,21-,22-,25-,26+/m0/s1. The average Bonchev–Trinajstić information content (AvgIpc) is 3.28. The Morgan fingerprint density at radius 2 is 1.97 bits per heavy atom. The second kappa shape index (κ2) is 6.35. The highest BCUT2D eigenvalue weighted by Crippen LogP contribution is 2.67. The average molecular weight is 406 g/mol. The summed E-state index contributed by atoms with van der Waals surface area (Å²) in [4.78, 5) is 0. The number of aliphatic hydroxyl groups is 1. The molecule has 160 valence electrons. The molecule has 7 atom stereocenters. The van der Waals surface area contributed by atoms with Crippen LogP contribution in [0.25, 0.3) is 16.5 Å². The van der Waals surface area contributed by atoms with Gasteiger partial charge in [0, 0.05) is 5.39 Å². The number of aromatic nitrogens is 2. The molecule has 0 unspecified atom stereocenters. The van der Waals surface area contributed by atoms with Crippen molar-refractivity contribution in [1.82, 2.24) is 10.2 Å². The first-order valence-corrected chi connectivity index (χ1v) is 12.0. The predicted octanol–water partition coefficient (Wildman–Crippen LogP) is 5.54. The largest absolute Gasteiger partial charge is 0.393 e. The summed E-state index contributed by atoms with van der Waals surface area (Å²) >= 11 is 0. The van der Waals surface area contributed by atoms with Crippen molar-refractivity contribution >= 4 is 22.3 Å². The molecule has 2 aromatic rings. The van der Waals surface area contributed by atoms with E-state index in [-0.39, 0.29) is 11.5 Å². The third-order valence-corrected chi connectivity index (χ3v) is 10.1. The molecule has 0 spiro atoms. The number of nitrogens with zero attached hydrogens (tertiary/aromatic N) is 1. The van der Waals surface area contributed by atoms with Gasteiger partial charge in [-0.1, -0.05) is 26.0 Å². The van der Waals surface area contributed by atoms with Crippen LogP contribution in [0.5, 0.6) is 0 Å². The third-order valence-electron chi connectivity index (χ3n) is 10.1. The van der Waals surface area contributed by atoms with Crippen LogP contribution in [0.1, 0.15) is 70.8 Å². The lowest BCUT2D eigenvalue weighted by atomic mass is 9.44. The van der Waals surface area contributed by atoms with E-state index in [1.807, 2.05) is 0 Å². The molecule has 1 aromatic carbocycles. The molecule has 0 bridgehead atoms. The van der Waals surface area contributed by atoms with Crippen LogP contribution in [0.3, 0.4) is 0 Å². The lowest BCUT2D eigenvalue weighted by Gasteiger charge is -2.60. The van der Waals surface area contributed by atoms with E-state index in [1.54, 1.807) is 5.57 Å². The SMILES string of the molecule is C[C@]12CC[C@@H](O)C[C@@H]1CC[C@@H]1[C@@H]2CC[C@]2(C)C(c3ccc4c(N)n[nH]c4c3)=CC[C@@H]12. The van der Waals surface area contributed by atoms with Crippen LogP contribution in [0.4, 0.5) is 5.82 Å². The summed E-state index contributed by atoms with van der Waals surface area (Å²) in [5, 5.41) is 18.6. The van der Waals surface area contributed by atoms with Gasteiger partial charge < -0.3 is 10.8 Å². The first kappa shape index (κ1) is 18.9. The van der Waals surface area contributed by atoms with Gasteiger partial charge >= 0.3 is 0 Å². The number of rotatable bonds is 1. The normalized spacial score (nSPS) is 43.0. The molecular formula is C26H35N3O. The Hall–Kier alpha value is -1.81. The molecule has 3 fully saturated rings. The zero-order valence-electron chi connectivity index (χ0n) is 18.3. The van der Waals surface area contributed by atoms with E-state index in [4.69, 9.17) is 5.73 Å². The number of hydrogen-bond donors (Lipinski definition) is 3. The second-order valence-electron chi connectivity index (χ2n) is 11.3. The number of hydrogen-bond acceptors (Lipinski definition) is 3. The summed E-state index contributed by atoms with van der Waals surface area (Å²) in [5.74, 6) is 3.75. The van der Waals surface area contributed by atoms with Gasteiger partial charge in [-0.2, -0.15) is 5.10 Å². The van der Waals surface area contributed by atoms with Gasteiger partial charge in [0.15, 0.2) is 5.82 Å². The summed E-state index contributed by atoms with van der Waals surface area (Å²) in [6.07, 6.45) is 12.3. The van der Waals surface area contributed by atoms with Gasteiger partial charge in [-0.3, -0.25) is 5.10 Å². The molecule has 4 N–H and O–H groups in total. The number of nitrogens with one attached hydrogen (secondary N) is 1. The van der Waals surface area contributed by atoms with E-state index in [9.17, 15) is 5.11 Å². The number of allylic oxidation sites excluding steroid dienone is 2. The molecule has 3 saturated carbocycles. The van der Waals surface area contributed by atoms with Crippen molar-refractivity contribution in [1.29, 1.82) is 0 Å². The Morgan fingerprint density at radius 1 is 1.10 bits per heavy atom. The number of H-pyrrole nitrogens is 1. The van der Waals surface area contributed by atoms with Crippen LogP contribution in [0, 0.1) is 34.5 Å². The molecule has 0 aliphatic heterocycles. The molecular weight excluding hydrogens is 370 g/mol. The molecule has 0 saturated heterocycles. The summed E-state index contributed by atoms with van der Waals surface area (Å²) in [7, 11) is 0. The maximum Gasteiger partial charge on any atom is 0.153 e. The number of anilines is 1. The molecule has 6 rings (SSSR count). The zero-order valence-corrected chi connectivity index (χ0v) is 18.3.